The molecule has 3 heterocycles. The van der Waals surface area contributed by atoms with Gasteiger partial charge in [0, 0.05) is 45.3 Å². The maximum atomic E-state index is 12.7. The third-order valence-electron chi connectivity index (χ3n) is 4.92. The highest BCUT2D eigenvalue weighted by Gasteiger charge is 2.26. The number of rotatable bonds is 2. The summed E-state index contributed by atoms with van der Waals surface area (Å²) in [6.07, 6.45) is 4.06. The molecular weight excluding hydrogens is 292 g/mol. The monoisotopic (exact) mass is 316 g/mol. The summed E-state index contributed by atoms with van der Waals surface area (Å²) in [4.78, 5) is 34.2. The normalized spacial score (nSPS) is 22.4. The van der Waals surface area contributed by atoms with Crippen LogP contribution in [0.1, 0.15) is 41.9 Å². The maximum absolute atomic E-state index is 12.7. The molecule has 0 spiro atoms. The molecule has 0 saturated carbocycles. The number of hydrogen-bond donors (Lipinski definition) is 0. The molecule has 0 aliphatic carbocycles. The summed E-state index contributed by atoms with van der Waals surface area (Å²) in [5, 5.41) is 0. The molecule has 1 aromatic rings. The van der Waals surface area contributed by atoms with Gasteiger partial charge in [-0.25, -0.2) is 0 Å². The number of pyridine rings is 1. The topological polar surface area (TPSA) is 56.8 Å². The van der Waals surface area contributed by atoms with Crippen LogP contribution in [-0.2, 0) is 4.79 Å². The summed E-state index contributed by atoms with van der Waals surface area (Å²) < 4.78 is 0. The van der Waals surface area contributed by atoms with Gasteiger partial charge in [-0.3, -0.25) is 19.5 Å². The molecule has 1 atom stereocenters. The molecule has 2 fully saturated rings. The molecule has 6 heteroatoms. The lowest BCUT2D eigenvalue weighted by molar-refractivity contribution is -0.130. The van der Waals surface area contributed by atoms with Crippen LogP contribution in [0, 0.1) is 0 Å². The number of carbonyl (C=O) groups is 2. The first-order chi connectivity index (χ1) is 11.1. The molecule has 1 unspecified atom stereocenters. The minimum Gasteiger partial charge on any atom is -0.339 e. The van der Waals surface area contributed by atoms with E-state index in [1.165, 1.54) is 12.0 Å². The summed E-state index contributed by atoms with van der Waals surface area (Å²) in [6, 6.07) is 4.34. The molecular formula is C17H24N4O2. The van der Waals surface area contributed by atoms with E-state index < -0.39 is 0 Å². The summed E-state index contributed by atoms with van der Waals surface area (Å²) in [5.41, 5.74) is 1.68. The number of likely N-dealkylation sites (tertiary alicyclic amines) is 1. The van der Waals surface area contributed by atoms with E-state index in [4.69, 9.17) is 0 Å². The van der Waals surface area contributed by atoms with Crippen molar-refractivity contribution < 1.29 is 9.59 Å². The van der Waals surface area contributed by atoms with Crippen LogP contribution in [0.15, 0.2) is 18.3 Å². The number of amides is 2. The Balaban J connectivity index is 1.69. The largest absolute Gasteiger partial charge is 0.339 e. The molecule has 0 radical (unpaired) electrons. The lowest BCUT2D eigenvalue weighted by Gasteiger charge is -2.34. The van der Waals surface area contributed by atoms with Crippen LogP contribution in [0.25, 0.3) is 0 Å². The zero-order valence-electron chi connectivity index (χ0n) is 13.9. The van der Waals surface area contributed by atoms with Crippen molar-refractivity contribution in [3.8, 4) is 0 Å². The van der Waals surface area contributed by atoms with Gasteiger partial charge in [-0.05, 0) is 44.1 Å². The first-order valence-corrected chi connectivity index (χ1v) is 8.27. The van der Waals surface area contributed by atoms with Crippen LogP contribution in [0.2, 0.25) is 0 Å². The van der Waals surface area contributed by atoms with Crippen molar-refractivity contribution in [3.05, 3.63) is 29.6 Å². The highest BCUT2D eigenvalue weighted by atomic mass is 16.2. The Morgan fingerprint density at radius 2 is 1.83 bits per heavy atom. The number of nitrogens with zero attached hydrogens (tertiary/aromatic N) is 4. The highest BCUT2D eigenvalue weighted by Crippen LogP contribution is 2.30. The number of hydrogen-bond acceptors (Lipinski definition) is 4. The highest BCUT2D eigenvalue weighted by molar-refractivity contribution is 5.92. The smallest absolute Gasteiger partial charge is 0.272 e. The maximum Gasteiger partial charge on any atom is 0.272 e. The van der Waals surface area contributed by atoms with E-state index in [2.05, 4.69) is 16.9 Å². The van der Waals surface area contributed by atoms with Crippen molar-refractivity contribution in [1.82, 2.24) is 19.7 Å². The summed E-state index contributed by atoms with van der Waals surface area (Å²) in [7, 11) is 2.13. The zero-order chi connectivity index (χ0) is 16.4. The van der Waals surface area contributed by atoms with Gasteiger partial charge >= 0.3 is 0 Å². The van der Waals surface area contributed by atoms with E-state index in [0.29, 0.717) is 37.9 Å². The lowest BCUT2D eigenvalue weighted by atomic mass is 10.0. The fourth-order valence-corrected chi connectivity index (χ4v) is 3.49. The molecule has 23 heavy (non-hydrogen) atoms. The van der Waals surface area contributed by atoms with Crippen molar-refractivity contribution in [1.29, 1.82) is 0 Å². The van der Waals surface area contributed by atoms with Crippen molar-refractivity contribution in [2.45, 2.75) is 25.8 Å². The standard InChI is InChI=1S/C17H24N4O2/c1-13(22)20-8-10-21(11-9-20)17(23)15-12-14(5-6-18-15)16-4-3-7-19(16)2/h5-6,12,16H,3-4,7-11H2,1-2H3. The van der Waals surface area contributed by atoms with Gasteiger partial charge in [0.1, 0.15) is 5.69 Å². The van der Waals surface area contributed by atoms with Gasteiger partial charge in [0.25, 0.3) is 5.91 Å². The summed E-state index contributed by atoms with van der Waals surface area (Å²) >= 11 is 0. The second-order valence-corrected chi connectivity index (χ2v) is 6.41. The SMILES string of the molecule is CC(=O)N1CCN(C(=O)c2cc(C3CCCN3C)ccn2)CC1. The van der Waals surface area contributed by atoms with Gasteiger partial charge < -0.3 is 9.80 Å². The van der Waals surface area contributed by atoms with Crippen LogP contribution in [-0.4, -0.2) is 71.3 Å². The summed E-state index contributed by atoms with van der Waals surface area (Å²) in [6.45, 7) is 5.03. The van der Waals surface area contributed by atoms with Gasteiger partial charge in [0.2, 0.25) is 5.91 Å². The van der Waals surface area contributed by atoms with Crippen LogP contribution in [0.4, 0.5) is 0 Å². The van der Waals surface area contributed by atoms with E-state index in [9.17, 15) is 9.59 Å². The second kappa shape index (κ2) is 6.66. The molecule has 1 aromatic heterocycles. The van der Waals surface area contributed by atoms with Crippen molar-refractivity contribution >= 4 is 11.8 Å². The molecule has 0 aromatic carbocycles. The fraction of sp³-hybridized carbons (Fsp3) is 0.588. The van der Waals surface area contributed by atoms with Crippen LogP contribution >= 0.6 is 0 Å². The quantitative estimate of drug-likeness (QED) is 0.821. The zero-order valence-corrected chi connectivity index (χ0v) is 13.9. The Hall–Kier alpha value is -1.95. The Morgan fingerprint density at radius 3 is 2.43 bits per heavy atom. The molecule has 2 saturated heterocycles. The van der Waals surface area contributed by atoms with Gasteiger partial charge in [0.15, 0.2) is 0 Å². The van der Waals surface area contributed by atoms with Crippen molar-refractivity contribution in [3.63, 3.8) is 0 Å². The number of aromatic nitrogens is 1. The van der Waals surface area contributed by atoms with E-state index in [-0.39, 0.29) is 11.8 Å². The summed E-state index contributed by atoms with van der Waals surface area (Å²) in [5.74, 6) is 0.0391. The molecule has 2 aliphatic heterocycles. The predicted molar refractivity (Wildman–Crippen MR) is 87.0 cm³/mol. The first kappa shape index (κ1) is 15.9. The Labute approximate surface area is 137 Å². The van der Waals surface area contributed by atoms with E-state index in [1.807, 2.05) is 12.1 Å². The van der Waals surface area contributed by atoms with Crippen molar-refractivity contribution in [2.75, 3.05) is 39.8 Å². The molecule has 0 N–H and O–H groups in total. The Kier molecular flexibility index (Phi) is 4.61. The van der Waals surface area contributed by atoms with Crippen LogP contribution in [0.5, 0.6) is 0 Å². The molecule has 3 rings (SSSR count). The lowest BCUT2D eigenvalue weighted by Crippen LogP contribution is -2.50. The molecule has 6 nitrogen and oxygen atoms in total. The van der Waals surface area contributed by atoms with Crippen molar-refractivity contribution in [2.24, 2.45) is 0 Å². The third-order valence-corrected chi connectivity index (χ3v) is 4.92. The van der Waals surface area contributed by atoms with Crippen LogP contribution in [0.3, 0.4) is 0 Å². The third kappa shape index (κ3) is 3.37. The first-order valence-electron chi connectivity index (χ1n) is 8.27. The van der Waals surface area contributed by atoms with E-state index in [1.54, 1.807) is 22.9 Å². The molecule has 0 bridgehead atoms. The van der Waals surface area contributed by atoms with Gasteiger partial charge in [0.05, 0.1) is 0 Å². The average Bonchev–Trinajstić information content (AvgIpc) is 3.00. The van der Waals surface area contributed by atoms with E-state index in [0.717, 1.165) is 13.0 Å². The number of carbonyl (C=O) groups excluding carboxylic acids is 2. The molecule has 2 aliphatic rings. The molecule has 124 valence electrons. The average molecular weight is 316 g/mol. The van der Waals surface area contributed by atoms with Gasteiger partial charge in [-0.2, -0.15) is 0 Å². The molecule has 2 amide bonds. The second-order valence-electron chi connectivity index (χ2n) is 6.41. The predicted octanol–water partition coefficient (Wildman–Crippen LogP) is 1.15. The Bertz CT molecular complexity index is 596. The Morgan fingerprint density at radius 1 is 1.13 bits per heavy atom. The van der Waals surface area contributed by atoms with Gasteiger partial charge in [-0.1, -0.05) is 0 Å². The minimum absolute atomic E-state index is 0.0318. The fourth-order valence-electron chi connectivity index (χ4n) is 3.49. The van der Waals surface area contributed by atoms with E-state index >= 15 is 0 Å². The van der Waals surface area contributed by atoms with Crippen LogP contribution < -0.4 is 0 Å². The van der Waals surface area contributed by atoms with Gasteiger partial charge in [-0.15, -0.1) is 0 Å². The number of piperazine rings is 1. The minimum atomic E-state index is -0.0318.